The van der Waals surface area contributed by atoms with Crippen LogP contribution in [0.15, 0.2) is 0 Å². The van der Waals surface area contributed by atoms with Crippen molar-refractivity contribution in [2.24, 2.45) is 5.73 Å². The third kappa shape index (κ3) is 16.8. The molecule has 552 valence electrons. The number of aliphatic hydroxyl groups is 23. The number of ether oxygens (including phenoxy) is 15. The third-order valence-electron chi connectivity index (χ3n) is 17.5. The largest absolute Gasteiger partial charge is 0.394 e. The molecular weight excluding hydrogens is 1310 g/mol. The molecule has 0 bridgehead atoms. The van der Waals surface area contributed by atoms with E-state index in [-0.39, 0.29) is 0 Å². The van der Waals surface area contributed by atoms with Crippen molar-refractivity contribution in [2.75, 3.05) is 52.9 Å². The summed E-state index contributed by atoms with van der Waals surface area (Å²) in [6.45, 7) is -6.26. The molecule has 8 fully saturated rings. The van der Waals surface area contributed by atoms with Crippen LogP contribution in [0.3, 0.4) is 0 Å². The van der Waals surface area contributed by atoms with Crippen LogP contribution in [0.4, 0.5) is 0 Å². The highest BCUT2D eigenvalue weighted by Crippen LogP contribution is 2.39. The normalized spacial score (nSPS) is 50.8. The van der Waals surface area contributed by atoms with E-state index in [2.05, 4.69) is 10.6 Å². The highest BCUT2D eigenvalue weighted by Gasteiger charge is 2.60. The Balaban J connectivity index is 1.12. The molecule has 8 saturated heterocycles. The van der Waals surface area contributed by atoms with Crippen LogP contribution >= 0.6 is 0 Å². The number of carbonyl (C=O) groups excluding carboxylic acids is 2. The molecule has 43 heteroatoms. The van der Waals surface area contributed by atoms with Gasteiger partial charge in [0.1, 0.15) is 195 Å². The van der Waals surface area contributed by atoms with Crippen molar-refractivity contribution >= 4 is 11.8 Å². The van der Waals surface area contributed by atoms with Gasteiger partial charge in [0.05, 0.1) is 58.9 Å². The first kappa shape index (κ1) is 78.1. The van der Waals surface area contributed by atoms with Gasteiger partial charge in [-0.1, -0.05) is 0 Å². The Kier molecular flexibility index (Phi) is 27.9. The second-order valence-corrected chi connectivity index (χ2v) is 24.0. The summed E-state index contributed by atoms with van der Waals surface area (Å²) in [7, 11) is 0. The molecule has 0 saturated carbocycles. The number of rotatable bonds is 24. The van der Waals surface area contributed by atoms with E-state index in [4.69, 9.17) is 76.8 Å². The lowest BCUT2D eigenvalue weighted by atomic mass is 9.93. The number of hydrogen-bond acceptors (Lipinski definition) is 41. The van der Waals surface area contributed by atoms with Crippen LogP contribution < -0.4 is 16.4 Å². The molecule has 0 aromatic carbocycles. The van der Waals surface area contributed by atoms with E-state index in [0.717, 1.165) is 13.8 Å². The van der Waals surface area contributed by atoms with Crippen LogP contribution in [0.1, 0.15) is 13.8 Å². The highest BCUT2D eigenvalue weighted by molar-refractivity contribution is 5.73. The van der Waals surface area contributed by atoms with Crippen molar-refractivity contribution in [2.45, 2.75) is 259 Å². The van der Waals surface area contributed by atoms with E-state index in [1.54, 1.807) is 0 Å². The quantitative estimate of drug-likeness (QED) is 0.0427. The monoisotopic (exact) mass is 1400 g/mol. The Hall–Kier alpha value is -2.62. The fraction of sp³-hybridized carbons (Fsp3) is 0.962. The van der Waals surface area contributed by atoms with Gasteiger partial charge in [-0.05, 0) is 0 Å². The fourth-order valence-electron chi connectivity index (χ4n) is 12.2. The van der Waals surface area contributed by atoms with Gasteiger partial charge >= 0.3 is 0 Å². The number of aliphatic hydroxyl groups excluding tert-OH is 23. The first-order valence-electron chi connectivity index (χ1n) is 30.2. The fourth-order valence-corrected chi connectivity index (χ4v) is 12.2. The van der Waals surface area contributed by atoms with Crippen LogP contribution in [-0.4, -0.2) is 428 Å². The lowest BCUT2D eigenvalue weighted by Crippen LogP contribution is -2.71. The second kappa shape index (κ2) is 33.9. The maximum Gasteiger partial charge on any atom is 0.217 e. The molecule has 0 unspecified atom stereocenters. The number of amides is 2. The van der Waals surface area contributed by atoms with Crippen LogP contribution in [-0.2, 0) is 80.6 Å². The maximum atomic E-state index is 12.8. The topological polar surface area (TPSA) is 688 Å². The standard InChI is InChI=1S/C52H89N3O40/c1-11(63)54-21-29(71)39(18(8-61)82-45(21)53)90-46-22(55-12(2)64)30(72)40(19(9-62)88-46)91-50-38(80)42(28(70)20(89-50)10-81-47-37(79)41(27(69)17(7-60)83-47)92-48-35(77)31(73)23(65)13(3-56)84-48)93-51-44(34(76)26(68)15(5-58)86-51)95-52-43(33(75)25(67)16(6-59)87-52)94-49-36(78)32(74)24(66)14(4-57)85-49/h13-52,56-62,65-80H,3-10,53H2,1-2H3,(H,54,63)(H,55,64)/t13-,14-,15-,16-,17-,18-,19-,20-,21-,22-,23-,24-,25-,26-,27-,28-,29-,30-,31+,32+,33+,34+,35+,36+,37+,38+,39-,40-,41+,42+,43+,44+,45-,46+,47+,48-,49-,50+,51-,52-/m1/s1. The molecule has 95 heavy (non-hydrogen) atoms. The summed E-state index contributed by atoms with van der Waals surface area (Å²) < 4.78 is 87.3. The average Bonchev–Trinajstić information content (AvgIpc) is 0.796. The van der Waals surface area contributed by atoms with Crippen molar-refractivity contribution in [3.63, 3.8) is 0 Å². The van der Waals surface area contributed by atoms with E-state index >= 15 is 0 Å². The predicted octanol–water partition coefficient (Wildman–Crippen LogP) is -18.2. The number of carbonyl (C=O) groups is 2. The van der Waals surface area contributed by atoms with Gasteiger partial charge in [-0.15, -0.1) is 0 Å². The summed E-state index contributed by atoms with van der Waals surface area (Å²) in [5.74, 6) is -1.58. The Morgan fingerprint density at radius 2 is 0.589 bits per heavy atom. The van der Waals surface area contributed by atoms with Crippen molar-refractivity contribution in [1.29, 1.82) is 0 Å². The molecule has 0 radical (unpaired) electrons. The van der Waals surface area contributed by atoms with Crippen molar-refractivity contribution < 1.29 is 198 Å². The summed E-state index contributed by atoms with van der Waals surface area (Å²) >= 11 is 0. The highest BCUT2D eigenvalue weighted by atomic mass is 16.8. The summed E-state index contributed by atoms with van der Waals surface area (Å²) in [4.78, 5) is 24.9. The molecule has 8 heterocycles. The molecule has 8 aliphatic rings. The first-order chi connectivity index (χ1) is 45.0. The van der Waals surface area contributed by atoms with Crippen molar-refractivity contribution in [3.8, 4) is 0 Å². The molecule has 40 atom stereocenters. The van der Waals surface area contributed by atoms with Crippen LogP contribution in [0, 0.1) is 0 Å². The third-order valence-corrected chi connectivity index (χ3v) is 17.5. The number of nitrogens with one attached hydrogen (secondary N) is 2. The zero-order chi connectivity index (χ0) is 69.9. The van der Waals surface area contributed by atoms with Gasteiger partial charge in [-0.3, -0.25) is 9.59 Å². The van der Waals surface area contributed by atoms with Crippen LogP contribution in [0.5, 0.6) is 0 Å². The SMILES string of the molecule is CC(=O)N[C@@H]1[C@@H](O)[C@H](O[C@@H]2O[C@H](CO)[C@@H](O[C@@H]3O[C@H](CO[C@H]4O[C@H](CO)[C@@H](O)[C@H](O[C@H]5O[C@H](CO)[C@@H](O)[C@H](O)[C@@H]5O)[C@@H]4O)[C@@H](O)[C@H](O[C@H]4O[C@H](CO)[C@@H](O)[C@H](O)[C@@H]4O[C@H]4O[C@H](CO)[C@@H](O)[C@H](O)[C@@H]4O[C@H]4O[C@H](CO)[C@@H](O)[C@H](O)[C@@H]4O)[C@@H]3O)[C@H](O)[C@H]2NC(C)=O)[C@@H](CO)O[C@H]1N. The average molecular weight is 1400 g/mol. The van der Waals surface area contributed by atoms with Gasteiger partial charge in [0, 0.05) is 13.8 Å². The molecule has 0 aromatic heterocycles. The van der Waals surface area contributed by atoms with Crippen molar-refractivity contribution in [1.82, 2.24) is 10.6 Å². The molecule has 0 aromatic rings. The van der Waals surface area contributed by atoms with Crippen LogP contribution in [0.25, 0.3) is 0 Å². The van der Waals surface area contributed by atoms with E-state index in [0.29, 0.717) is 0 Å². The van der Waals surface area contributed by atoms with Gasteiger partial charge in [-0.25, -0.2) is 0 Å². The van der Waals surface area contributed by atoms with E-state index in [1.165, 1.54) is 0 Å². The van der Waals surface area contributed by atoms with Gasteiger partial charge in [-0.2, -0.15) is 0 Å². The minimum Gasteiger partial charge on any atom is -0.394 e. The molecule has 8 rings (SSSR count). The van der Waals surface area contributed by atoms with Gasteiger partial charge in [0.25, 0.3) is 0 Å². The molecular formula is C52H89N3O40. The maximum absolute atomic E-state index is 12.8. The minimum absolute atomic E-state index is 0.686. The second-order valence-electron chi connectivity index (χ2n) is 24.0. The zero-order valence-electron chi connectivity index (χ0n) is 50.6. The zero-order valence-corrected chi connectivity index (χ0v) is 50.6. The lowest BCUT2D eigenvalue weighted by Gasteiger charge is -2.51. The summed E-state index contributed by atoms with van der Waals surface area (Å²) in [5, 5.41) is 256. The number of hydrogen-bond donors (Lipinski definition) is 26. The first-order valence-corrected chi connectivity index (χ1v) is 30.2. The van der Waals surface area contributed by atoms with E-state index in [9.17, 15) is 127 Å². The molecule has 0 spiro atoms. The minimum atomic E-state index is -2.50. The Labute approximate surface area is 537 Å². The van der Waals surface area contributed by atoms with E-state index < -0.39 is 310 Å². The summed E-state index contributed by atoms with van der Waals surface area (Å²) in [6.07, 6.45) is -77.4. The Morgan fingerprint density at radius 1 is 0.295 bits per heavy atom. The molecule has 0 aliphatic carbocycles. The van der Waals surface area contributed by atoms with Crippen molar-refractivity contribution in [3.05, 3.63) is 0 Å². The summed E-state index contributed by atoms with van der Waals surface area (Å²) in [5.41, 5.74) is 6.03. The van der Waals surface area contributed by atoms with Gasteiger partial charge < -0.3 is 205 Å². The molecule has 27 N–H and O–H groups in total. The Bertz CT molecular complexity index is 2390. The Morgan fingerprint density at radius 3 is 1.04 bits per heavy atom. The number of nitrogens with two attached hydrogens (primary N) is 1. The van der Waals surface area contributed by atoms with Gasteiger partial charge in [0.2, 0.25) is 11.8 Å². The molecule has 43 nitrogen and oxygen atoms in total. The smallest absolute Gasteiger partial charge is 0.217 e. The molecule has 8 aliphatic heterocycles. The van der Waals surface area contributed by atoms with Gasteiger partial charge in [0.15, 0.2) is 44.0 Å². The predicted molar refractivity (Wildman–Crippen MR) is 290 cm³/mol. The lowest BCUT2D eigenvalue weighted by molar-refractivity contribution is -0.408. The molecule has 2 amide bonds. The summed E-state index contributed by atoms with van der Waals surface area (Å²) in [6, 6.07) is -3.23. The van der Waals surface area contributed by atoms with Crippen LogP contribution in [0.2, 0.25) is 0 Å². The van der Waals surface area contributed by atoms with E-state index in [1.807, 2.05) is 0 Å².